The van der Waals surface area contributed by atoms with Crippen molar-refractivity contribution in [1.29, 1.82) is 0 Å². The average Bonchev–Trinajstić information content (AvgIpc) is 2.71. The van der Waals surface area contributed by atoms with Crippen LogP contribution in [0.4, 0.5) is 10.1 Å². The van der Waals surface area contributed by atoms with E-state index in [1.807, 2.05) is 17.7 Å². The van der Waals surface area contributed by atoms with Gasteiger partial charge in [0.15, 0.2) is 0 Å². The van der Waals surface area contributed by atoms with Crippen LogP contribution in [-0.4, -0.2) is 16.3 Å². The van der Waals surface area contributed by atoms with Gasteiger partial charge in [0.2, 0.25) is 0 Å². The summed E-state index contributed by atoms with van der Waals surface area (Å²) in [4.78, 5) is 2.14. The van der Waals surface area contributed by atoms with Crippen LogP contribution in [0.1, 0.15) is 25.2 Å². The highest BCUT2D eigenvalue weighted by molar-refractivity contribution is 9.10. The maximum absolute atomic E-state index is 13.4. The van der Waals surface area contributed by atoms with Gasteiger partial charge in [0.05, 0.1) is 22.4 Å². The predicted octanol–water partition coefficient (Wildman–Crippen LogP) is 4.14. The van der Waals surface area contributed by atoms with E-state index in [4.69, 9.17) is 0 Å². The standard InChI is InChI=1S/C15H19BrFN3/c1-4-19(13-8-6-7-12(17)9-13)10-14-15(16)11(3)18-20(14)5-2/h6-9H,4-5,10H2,1-3H3. The van der Waals surface area contributed by atoms with Crippen molar-refractivity contribution in [2.75, 3.05) is 11.4 Å². The summed E-state index contributed by atoms with van der Waals surface area (Å²) in [6, 6.07) is 6.70. The number of aryl methyl sites for hydroxylation is 2. The van der Waals surface area contributed by atoms with E-state index in [-0.39, 0.29) is 5.82 Å². The Morgan fingerprint density at radius 3 is 2.70 bits per heavy atom. The van der Waals surface area contributed by atoms with Gasteiger partial charge in [-0.05, 0) is 54.9 Å². The third-order valence-electron chi connectivity index (χ3n) is 3.35. The van der Waals surface area contributed by atoms with Crippen LogP contribution in [0.3, 0.4) is 0 Å². The SMILES string of the molecule is CCN(Cc1c(Br)c(C)nn1CC)c1cccc(F)c1. The molecule has 0 aliphatic rings. The molecule has 3 nitrogen and oxygen atoms in total. The van der Waals surface area contributed by atoms with Crippen molar-refractivity contribution >= 4 is 21.6 Å². The highest BCUT2D eigenvalue weighted by atomic mass is 79.9. The summed E-state index contributed by atoms with van der Waals surface area (Å²) in [5.74, 6) is -0.208. The molecule has 2 aromatic rings. The summed E-state index contributed by atoms with van der Waals surface area (Å²) < 4.78 is 16.4. The Labute approximate surface area is 127 Å². The van der Waals surface area contributed by atoms with Crippen LogP contribution in [0.5, 0.6) is 0 Å². The Kier molecular flexibility index (Phi) is 4.81. The van der Waals surface area contributed by atoms with Crippen LogP contribution in [0.2, 0.25) is 0 Å². The molecule has 0 bridgehead atoms. The summed E-state index contributed by atoms with van der Waals surface area (Å²) in [5.41, 5.74) is 2.99. The molecule has 0 atom stereocenters. The van der Waals surface area contributed by atoms with Gasteiger partial charge in [-0.3, -0.25) is 4.68 Å². The van der Waals surface area contributed by atoms with Crippen molar-refractivity contribution in [3.05, 3.63) is 45.9 Å². The average molecular weight is 340 g/mol. The lowest BCUT2D eigenvalue weighted by Crippen LogP contribution is -2.24. The first-order chi connectivity index (χ1) is 9.56. The molecule has 1 heterocycles. The normalized spacial score (nSPS) is 10.8. The van der Waals surface area contributed by atoms with Gasteiger partial charge in [0, 0.05) is 18.8 Å². The van der Waals surface area contributed by atoms with Crippen LogP contribution in [0.15, 0.2) is 28.7 Å². The van der Waals surface area contributed by atoms with E-state index in [2.05, 4.69) is 39.8 Å². The Hall–Kier alpha value is -1.36. The Morgan fingerprint density at radius 2 is 2.10 bits per heavy atom. The van der Waals surface area contributed by atoms with E-state index in [1.54, 1.807) is 12.1 Å². The fourth-order valence-electron chi connectivity index (χ4n) is 2.26. The molecule has 0 N–H and O–H groups in total. The molecule has 0 amide bonds. The number of anilines is 1. The molecule has 5 heteroatoms. The molecule has 0 saturated carbocycles. The molecule has 2 rings (SSSR count). The molecule has 0 unspecified atom stereocenters. The molecule has 0 radical (unpaired) electrons. The van der Waals surface area contributed by atoms with Crippen molar-refractivity contribution < 1.29 is 4.39 Å². The molecule has 0 aliphatic carbocycles. The van der Waals surface area contributed by atoms with Gasteiger partial charge in [0.25, 0.3) is 0 Å². The van der Waals surface area contributed by atoms with Crippen molar-refractivity contribution in [3.8, 4) is 0 Å². The van der Waals surface area contributed by atoms with Gasteiger partial charge in [-0.1, -0.05) is 6.07 Å². The van der Waals surface area contributed by atoms with Crippen molar-refractivity contribution in [2.24, 2.45) is 0 Å². The molecule has 108 valence electrons. The lowest BCUT2D eigenvalue weighted by atomic mass is 10.2. The lowest BCUT2D eigenvalue weighted by Gasteiger charge is -2.23. The zero-order valence-corrected chi connectivity index (χ0v) is 13.6. The predicted molar refractivity (Wildman–Crippen MR) is 83.5 cm³/mol. The molecule has 0 spiro atoms. The maximum Gasteiger partial charge on any atom is 0.125 e. The highest BCUT2D eigenvalue weighted by Gasteiger charge is 2.15. The van der Waals surface area contributed by atoms with E-state index >= 15 is 0 Å². The number of halogens is 2. The summed E-state index contributed by atoms with van der Waals surface area (Å²) >= 11 is 3.60. The minimum Gasteiger partial charge on any atom is -0.366 e. The van der Waals surface area contributed by atoms with Crippen LogP contribution >= 0.6 is 15.9 Å². The van der Waals surface area contributed by atoms with Gasteiger partial charge < -0.3 is 4.90 Å². The number of benzene rings is 1. The zero-order valence-electron chi connectivity index (χ0n) is 12.0. The molecule has 20 heavy (non-hydrogen) atoms. The van der Waals surface area contributed by atoms with Crippen molar-refractivity contribution in [2.45, 2.75) is 33.9 Å². The maximum atomic E-state index is 13.4. The monoisotopic (exact) mass is 339 g/mol. The second kappa shape index (κ2) is 6.39. The molecule has 0 saturated heterocycles. The van der Waals surface area contributed by atoms with E-state index in [0.717, 1.165) is 34.6 Å². The van der Waals surface area contributed by atoms with Crippen molar-refractivity contribution in [3.63, 3.8) is 0 Å². The van der Waals surface area contributed by atoms with Gasteiger partial charge in [-0.2, -0.15) is 5.10 Å². The molecule has 0 aliphatic heterocycles. The zero-order chi connectivity index (χ0) is 14.7. The highest BCUT2D eigenvalue weighted by Crippen LogP contribution is 2.25. The van der Waals surface area contributed by atoms with E-state index in [0.29, 0.717) is 6.54 Å². The summed E-state index contributed by atoms with van der Waals surface area (Å²) in [6.45, 7) is 8.46. The van der Waals surface area contributed by atoms with Gasteiger partial charge in [0.1, 0.15) is 5.82 Å². The molecule has 0 fully saturated rings. The lowest BCUT2D eigenvalue weighted by molar-refractivity contribution is 0.604. The van der Waals surface area contributed by atoms with Crippen LogP contribution in [0.25, 0.3) is 0 Å². The van der Waals surface area contributed by atoms with Gasteiger partial charge in [-0.15, -0.1) is 0 Å². The van der Waals surface area contributed by atoms with Gasteiger partial charge in [-0.25, -0.2) is 4.39 Å². The molecular weight excluding hydrogens is 321 g/mol. The fraction of sp³-hybridized carbons (Fsp3) is 0.400. The number of nitrogens with zero attached hydrogens (tertiary/aromatic N) is 3. The number of aromatic nitrogens is 2. The minimum absolute atomic E-state index is 0.208. The van der Waals surface area contributed by atoms with Crippen LogP contribution in [0, 0.1) is 12.7 Å². The van der Waals surface area contributed by atoms with E-state index in [9.17, 15) is 4.39 Å². The third kappa shape index (κ3) is 3.03. The second-order valence-electron chi connectivity index (χ2n) is 4.66. The van der Waals surface area contributed by atoms with Gasteiger partial charge >= 0.3 is 0 Å². The van der Waals surface area contributed by atoms with E-state index < -0.39 is 0 Å². The summed E-state index contributed by atoms with van der Waals surface area (Å²) in [7, 11) is 0. The van der Waals surface area contributed by atoms with Crippen molar-refractivity contribution in [1.82, 2.24) is 9.78 Å². The smallest absolute Gasteiger partial charge is 0.125 e. The molecule has 1 aromatic carbocycles. The second-order valence-corrected chi connectivity index (χ2v) is 5.45. The summed E-state index contributed by atoms with van der Waals surface area (Å²) in [6.07, 6.45) is 0. The van der Waals surface area contributed by atoms with Crippen LogP contribution < -0.4 is 4.90 Å². The molecular formula is C15H19BrFN3. The number of hydrogen-bond acceptors (Lipinski definition) is 2. The van der Waals surface area contributed by atoms with E-state index in [1.165, 1.54) is 6.07 Å². The number of hydrogen-bond donors (Lipinski definition) is 0. The first-order valence-corrected chi connectivity index (χ1v) is 7.58. The first-order valence-electron chi connectivity index (χ1n) is 6.79. The first kappa shape index (κ1) is 15.0. The summed E-state index contributed by atoms with van der Waals surface area (Å²) in [5, 5.41) is 4.50. The Bertz CT molecular complexity index is 595. The third-order valence-corrected chi connectivity index (χ3v) is 4.38. The van der Waals surface area contributed by atoms with Crippen LogP contribution in [-0.2, 0) is 13.1 Å². The minimum atomic E-state index is -0.208. The number of rotatable bonds is 5. The fourth-order valence-corrected chi connectivity index (χ4v) is 2.67. The largest absolute Gasteiger partial charge is 0.366 e. The molecule has 1 aromatic heterocycles. The quantitative estimate of drug-likeness (QED) is 0.816. The Morgan fingerprint density at radius 1 is 1.35 bits per heavy atom. The topological polar surface area (TPSA) is 21.1 Å². The Balaban J connectivity index is 2.31.